The van der Waals surface area contributed by atoms with Crippen LogP contribution in [0.15, 0.2) is 24.3 Å². The first-order valence-electron chi connectivity index (χ1n) is 8.05. The smallest absolute Gasteiger partial charge is 0.119 e. The summed E-state index contributed by atoms with van der Waals surface area (Å²) in [6.45, 7) is 5.68. The van der Waals surface area contributed by atoms with Gasteiger partial charge in [-0.05, 0) is 56.5 Å². The zero-order valence-corrected chi connectivity index (χ0v) is 14.1. The third-order valence-electron chi connectivity index (χ3n) is 4.75. The number of likely N-dealkylation sites (N-methyl/N-ethyl adjacent to an activating group) is 1. The summed E-state index contributed by atoms with van der Waals surface area (Å²) < 4.78 is 5.31. The van der Waals surface area contributed by atoms with Gasteiger partial charge in [-0.25, -0.2) is 0 Å². The molecule has 3 heteroatoms. The lowest BCUT2D eigenvalue weighted by atomic mass is 9.75. The number of nitrogens with zero attached hydrogens (tertiary/aromatic N) is 1. The molecule has 1 unspecified atom stereocenters. The summed E-state index contributed by atoms with van der Waals surface area (Å²) in [5.74, 6) is 2.34. The van der Waals surface area contributed by atoms with Gasteiger partial charge >= 0.3 is 0 Å². The largest absolute Gasteiger partial charge is 0.497 e. The molecule has 1 aliphatic carbocycles. The van der Waals surface area contributed by atoms with Gasteiger partial charge in [0.2, 0.25) is 0 Å². The van der Waals surface area contributed by atoms with Crippen molar-refractivity contribution in [2.75, 3.05) is 27.7 Å². The highest BCUT2D eigenvalue weighted by Crippen LogP contribution is 2.37. The maximum Gasteiger partial charge on any atom is 0.119 e. The van der Waals surface area contributed by atoms with Crippen LogP contribution in [0.25, 0.3) is 0 Å². The summed E-state index contributed by atoms with van der Waals surface area (Å²) in [6.07, 6.45) is 2.48. The second-order valence-corrected chi connectivity index (χ2v) is 6.83. The van der Waals surface area contributed by atoms with E-state index in [1.54, 1.807) is 7.11 Å². The fourth-order valence-electron chi connectivity index (χ4n) is 3.25. The Kier molecular flexibility index (Phi) is 5.65. The van der Waals surface area contributed by atoms with Crippen LogP contribution in [-0.2, 0) is 0 Å². The number of methoxy groups -OCH3 is 1. The lowest BCUT2D eigenvalue weighted by Gasteiger charge is -2.38. The first kappa shape index (κ1) is 16.3. The van der Waals surface area contributed by atoms with E-state index < -0.39 is 0 Å². The summed E-state index contributed by atoms with van der Waals surface area (Å²) in [5.41, 5.74) is 1.42. The number of benzene rings is 1. The van der Waals surface area contributed by atoms with Crippen LogP contribution in [0.2, 0.25) is 0 Å². The lowest BCUT2D eigenvalue weighted by Crippen LogP contribution is -2.48. The van der Waals surface area contributed by atoms with Gasteiger partial charge in [0.25, 0.3) is 0 Å². The fraction of sp³-hybridized carbons (Fsp3) is 0.667. The predicted molar refractivity (Wildman–Crippen MR) is 89.1 cm³/mol. The number of ether oxygens (including phenoxy) is 1. The molecule has 1 saturated carbocycles. The number of nitrogens with one attached hydrogen (secondary N) is 1. The Labute approximate surface area is 129 Å². The molecule has 0 aromatic heterocycles. The van der Waals surface area contributed by atoms with Gasteiger partial charge in [-0.15, -0.1) is 0 Å². The van der Waals surface area contributed by atoms with Crippen molar-refractivity contribution < 1.29 is 4.74 Å². The number of hydrogen-bond donors (Lipinski definition) is 1. The Hall–Kier alpha value is -1.06. The SMILES string of the molecule is COc1cccc(C2CC(NCC(C(C)C)N(C)C)C2)c1. The third-order valence-corrected chi connectivity index (χ3v) is 4.75. The molecule has 0 amide bonds. The Morgan fingerprint density at radius 1 is 1.29 bits per heavy atom. The molecule has 0 radical (unpaired) electrons. The van der Waals surface area contributed by atoms with Gasteiger partial charge in [0.15, 0.2) is 0 Å². The van der Waals surface area contributed by atoms with Crippen LogP contribution in [-0.4, -0.2) is 44.7 Å². The Morgan fingerprint density at radius 2 is 2.00 bits per heavy atom. The Bertz CT molecular complexity index is 431. The molecule has 0 saturated heterocycles. The van der Waals surface area contributed by atoms with E-state index >= 15 is 0 Å². The molecule has 1 aromatic carbocycles. The van der Waals surface area contributed by atoms with Crippen molar-refractivity contribution in [3.8, 4) is 5.75 Å². The maximum atomic E-state index is 5.31. The van der Waals surface area contributed by atoms with E-state index in [0.717, 1.165) is 12.3 Å². The second kappa shape index (κ2) is 7.28. The van der Waals surface area contributed by atoms with Crippen molar-refractivity contribution in [2.24, 2.45) is 5.92 Å². The summed E-state index contributed by atoms with van der Waals surface area (Å²) in [7, 11) is 6.08. The van der Waals surface area contributed by atoms with Gasteiger partial charge < -0.3 is 15.0 Å². The van der Waals surface area contributed by atoms with Crippen LogP contribution in [0.1, 0.15) is 38.2 Å². The standard InChI is InChI=1S/C18H30N2O/c1-13(2)18(20(3)4)12-19-16-9-15(10-16)14-7-6-8-17(11-14)21-5/h6-8,11,13,15-16,18-19H,9-10,12H2,1-5H3. The first-order valence-corrected chi connectivity index (χ1v) is 8.05. The molecular weight excluding hydrogens is 260 g/mol. The normalized spacial score (nSPS) is 23.2. The van der Waals surface area contributed by atoms with Crippen LogP contribution < -0.4 is 10.1 Å². The molecule has 0 heterocycles. The molecule has 0 bridgehead atoms. The topological polar surface area (TPSA) is 24.5 Å². The molecule has 2 rings (SSSR count). The predicted octanol–water partition coefficient (Wildman–Crippen LogP) is 3.12. The summed E-state index contributed by atoms with van der Waals surface area (Å²) >= 11 is 0. The molecule has 0 spiro atoms. The summed E-state index contributed by atoms with van der Waals surface area (Å²) in [4.78, 5) is 2.33. The fourth-order valence-corrected chi connectivity index (χ4v) is 3.25. The van der Waals surface area contributed by atoms with Gasteiger partial charge in [0.05, 0.1) is 7.11 Å². The molecule has 1 aromatic rings. The van der Waals surface area contributed by atoms with Crippen molar-refractivity contribution in [1.82, 2.24) is 10.2 Å². The summed E-state index contributed by atoms with van der Waals surface area (Å²) in [5, 5.41) is 3.74. The highest BCUT2D eigenvalue weighted by molar-refractivity contribution is 5.32. The van der Waals surface area contributed by atoms with Gasteiger partial charge in [0.1, 0.15) is 5.75 Å². The highest BCUT2D eigenvalue weighted by atomic mass is 16.5. The van der Waals surface area contributed by atoms with Gasteiger partial charge in [-0.2, -0.15) is 0 Å². The molecular formula is C18H30N2O. The molecule has 1 N–H and O–H groups in total. The van der Waals surface area contributed by atoms with E-state index in [2.05, 4.69) is 56.4 Å². The minimum atomic E-state index is 0.612. The van der Waals surface area contributed by atoms with Crippen molar-refractivity contribution in [1.29, 1.82) is 0 Å². The first-order chi connectivity index (χ1) is 10.0. The van der Waals surface area contributed by atoms with E-state index in [1.807, 2.05) is 6.07 Å². The van der Waals surface area contributed by atoms with Crippen LogP contribution in [0, 0.1) is 5.92 Å². The van der Waals surface area contributed by atoms with Crippen molar-refractivity contribution in [2.45, 2.75) is 44.7 Å². The third kappa shape index (κ3) is 4.21. The molecule has 1 aliphatic rings. The van der Waals surface area contributed by atoms with Crippen molar-refractivity contribution in [3.63, 3.8) is 0 Å². The number of hydrogen-bond acceptors (Lipinski definition) is 3. The molecule has 118 valence electrons. The van der Waals surface area contributed by atoms with Gasteiger partial charge in [0, 0.05) is 18.6 Å². The second-order valence-electron chi connectivity index (χ2n) is 6.83. The van der Waals surface area contributed by atoms with E-state index in [0.29, 0.717) is 23.9 Å². The van der Waals surface area contributed by atoms with E-state index in [4.69, 9.17) is 4.74 Å². The lowest BCUT2D eigenvalue weighted by molar-refractivity contribution is 0.198. The van der Waals surface area contributed by atoms with Crippen molar-refractivity contribution in [3.05, 3.63) is 29.8 Å². The van der Waals surface area contributed by atoms with Crippen LogP contribution in [0.5, 0.6) is 5.75 Å². The van der Waals surface area contributed by atoms with Crippen LogP contribution in [0.4, 0.5) is 0 Å². The molecule has 21 heavy (non-hydrogen) atoms. The van der Waals surface area contributed by atoms with Crippen LogP contribution in [0.3, 0.4) is 0 Å². The number of rotatable bonds is 7. The zero-order valence-electron chi connectivity index (χ0n) is 14.1. The highest BCUT2D eigenvalue weighted by Gasteiger charge is 2.31. The van der Waals surface area contributed by atoms with Crippen molar-refractivity contribution >= 4 is 0 Å². The quantitative estimate of drug-likeness (QED) is 0.835. The summed E-state index contributed by atoms with van der Waals surface area (Å²) in [6, 6.07) is 9.79. The average molecular weight is 290 g/mol. The average Bonchev–Trinajstić information content (AvgIpc) is 2.40. The monoisotopic (exact) mass is 290 g/mol. The molecule has 1 atom stereocenters. The van der Waals surface area contributed by atoms with E-state index in [9.17, 15) is 0 Å². The van der Waals surface area contributed by atoms with E-state index in [-0.39, 0.29) is 0 Å². The van der Waals surface area contributed by atoms with Gasteiger partial charge in [-0.1, -0.05) is 26.0 Å². The minimum Gasteiger partial charge on any atom is -0.497 e. The molecule has 3 nitrogen and oxygen atoms in total. The zero-order chi connectivity index (χ0) is 15.4. The Morgan fingerprint density at radius 3 is 2.57 bits per heavy atom. The van der Waals surface area contributed by atoms with Gasteiger partial charge in [-0.3, -0.25) is 0 Å². The molecule has 0 aliphatic heterocycles. The van der Waals surface area contributed by atoms with E-state index in [1.165, 1.54) is 18.4 Å². The molecule has 1 fully saturated rings. The minimum absolute atomic E-state index is 0.612. The Balaban J connectivity index is 1.78. The van der Waals surface area contributed by atoms with Crippen LogP contribution >= 0.6 is 0 Å². The maximum absolute atomic E-state index is 5.31.